The third kappa shape index (κ3) is 2.92. The second-order valence-corrected chi connectivity index (χ2v) is 5.40. The molecule has 0 N–H and O–H groups in total. The van der Waals surface area contributed by atoms with Crippen LogP contribution in [0.4, 0.5) is 0 Å². The molecule has 0 amide bonds. The van der Waals surface area contributed by atoms with Crippen molar-refractivity contribution in [3.05, 3.63) is 91.1 Å². The van der Waals surface area contributed by atoms with Gasteiger partial charge in [0.05, 0.1) is 27.6 Å². The number of benzene rings is 3. The summed E-state index contributed by atoms with van der Waals surface area (Å²) >= 11 is 0. The predicted octanol–water partition coefficient (Wildman–Crippen LogP) is 5.02. The molecule has 0 atom stereocenters. The SMILES string of the molecule is c1ccc2nc3ccccc3nc2c1.c1ccc2ncccc2c1. The van der Waals surface area contributed by atoms with Gasteiger partial charge in [0, 0.05) is 11.6 Å². The number of nitrogens with zero attached hydrogens (tertiary/aromatic N) is 3. The first-order valence-electron chi connectivity index (χ1n) is 7.81. The normalized spacial score (nSPS) is 10.5. The Morgan fingerprint density at radius 2 is 0.833 bits per heavy atom. The van der Waals surface area contributed by atoms with Gasteiger partial charge in [-0.3, -0.25) is 4.98 Å². The standard InChI is InChI=1S/C12H8N2.C9H7N/c1-2-6-10-9(5-1)13-11-7-3-4-8-12(11)14-10;1-2-6-9-8(4-1)5-3-7-10-9/h1-8H;1-7H. The molecular formula is C21H15N3. The first-order chi connectivity index (χ1) is 11.9. The van der Waals surface area contributed by atoms with E-state index in [9.17, 15) is 0 Å². The lowest BCUT2D eigenvalue weighted by atomic mass is 10.2. The lowest BCUT2D eigenvalue weighted by Gasteiger charge is -1.98. The predicted molar refractivity (Wildman–Crippen MR) is 98.8 cm³/mol. The average Bonchev–Trinajstić information content (AvgIpc) is 2.67. The molecule has 0 spiro atoms. The highest BCUT2D eigenvalue weighted by Crippen LogP contribution is 2.14. The van der Waals surface area contributed by atoms with Gasteiger partial charge in [0.15, 0.2) is 0 Å². The van der Waals surface area contributed by atoms with E-state index in [0.29, 0.717) is 0 Å². The van der Waals surface area contributed by atoms with Gasteiger partial charge >= 0.3 is 0 Å². The van der Waals surface area contributed by atoms with E-state index in [-0.39, 0.29) is 0 Å². The fourth-order valence-corrected chi connectivity index (χ4v) is 2.58. The maximum Gasteiger partial charge on any atom is 0.0894 e. The Kier molecular flexibility index (Phi) is 3.82. The average molecular weight is 309 g/mol. The van der Waals surface area contributed by atoms with Crippen LogP contribution in [0.3, 0.4) is 0 Å². The van der Waals surface area contributed by atoms with Gasteiger partial charge in [0.25, 0.3) is 0 Å². The lowest BCUT2D eigenvalue weighted by molar-refractivity contribution is 1.39. The molecule has 3 heteroatoms. The molecule has 3 nitrogen and oxygen atoms in total. The fourth-order valence-electron chi connectivity index (χ4n) is 2.58. The Bertz CT molecular complexity index is 949. The molecule has 2 aromatic heterocycles. The van der Waals surface area contributed by atoms with Gasteiger partial charge in [-0.2, -0.15) is 0 Å². The molecule has 0 fully saturated rings. The third-order valence-electron chi connectivity index (χ3n) is 3.76. The van der Waals surface area contributed by atoms with Crippen LogP contribution in [0, 0.1) is 0 Å². The summed E-state index contributed by atoms with van der Waals surface area (Å²) in [6, 6.07) is 27.9. The Morgan fingerprint density at radius 3 is 1.33 bits per heavy atom. The Balaban J connectivity index is 0.000000129. The van der Waals surface area contributed by atoms with E-state index in [1.54, 1.807) is 0 Å². The van der Waals surface area contributed by atoms with Gasteiger partial charge in [-0.05, 0) is 36.4 Å². The first-order valence-corrected chi connectivity index (χ1v) is 7.81. The number of hydrogen-bond donors (Lipinski definition) is 0. The van der Waals surface area contributed by atoms with Gasteiger partial charge in [-0.1, -0.05) is 48.5 Å². The Hall–Kier alpha value is -3.33. The van der Waals surface area contributed by atoms with Gasteiger partial charge in [-0.25, -0.2) is 9.97 Å². The van der Waals surface area contributed by atoms with Crippen molar-refractivity contribution in [3.63, 3.8) is 0 Å². The van der Waals surface area contributed by atoms with Crippen LogP contribution in [0.15, 0.2) is 91.1 Å². The monoisotopic (exact) mass is 309 g/mol. The van der Waals surface area contributed by atoms with Gasteiger partial charge in [0.1, 0.15) is 0 Å². The molecule has 5 rings (SSSR count). The van der Waals surface area contributed by atoms with Crippen LogP contribution in [0.5, 0.6) is 0 Å². The number of para-hydroxylation sites is 5. The molecule has 114 valence electrons. The highest BCUT2D eigenvalue weighted by Gasteiger charge is 1.98. The van der Waals surface area contributed by atoms with Crippen molar-refractivity contribution in [3.8, 4) is 0 Å². The van der Waals surface area contributed by atoms with Crippen molar-refractivity contribution in [2.24, 2.45) is 0 Å². The molecule has 0 aliphatic heterocycles. The summed E-state index contributed by atoms with van der Waals surface area (Å²) in [6.07, 6.45) is 1.81. The van der Waals surface area contributed by atoms with Crippen molar-refractivity contribution in [1.82, 2.24) is 15.0 Å². The van der Waals surface area contributed by atoms with E-state index in [1.165, 1.54) is 5.39 Å². The summed E-state index contributed by atoms with van der Waals surface area (Å²) in [6.45, 7) is 0. The maximum atomic E-state index is 4.52. The molecule has 0 bridgehead atoms. The quantitative estimate of drug-likeness (QED) is 0.377. The number of fused-ring (bicyclic) bond motifs is 3. The summed E-state index contributed by atoms with van der Waals surface area (Å²) < 4.78 is 0. The molecular weight excluding hydrogens is 294 g/mol. The molecule has 0 radical (unpaired) electrons. The minimum atomic E-state index is 0.950. The lowest BCUT2D eigenvalue weighted by Crippen LogP contribution is -1.85. The second-order valence-electron chi connectivity index (χ2n) is 5.40. The summed E-state index contributed by atoms with van der Waals surface area (Å²) in [5.74, 6) is 0. The van der Waals surface area contributed by atoms with Crippen molar-refractivity contribution >= 4 is 33.0 Å². The van der Waals surface area contributed by atoms with Crippen molar-refractivity contribution in [2.75, 3.05) is 0 Å². The van der Waals surface area contributed by atoms with E-state index in [2.05, 4.69) is 27.1 Å². The zero-order valence-electron chi connectivity index (χ0n) is 13.0. The molecule has 5 aromatic rings. The van der Waals surface area contributed by atoms with Gasteiger partial charge in [0.2, 0.25) is 0 Å². The van der Waals surface area contributed by atoms with Crippen LogP contribution >= 0.6 is 0 Å². The van der Waals surface area contributed by atoms with E-state index in [1.807, 2.05) is 79.0 Å². The number of aromatic nitrogens is 3. The maximum absolute atomic E-state index is 4.52. The largest absolute Gasteiger partial charge is 0.256 e. The zero-order chi connectivity index (χ0) is 16.2. The van der Waals surface area contributed by atoms with Crippen LogP contribution in [-0.2, 0) is 0 Å². The second kappa shape index (κ2) is 6.42. The molecule has 0 unspecified atom stereocenters. The van der Waals surface area contributed by atoms with E-state index >= 15 is 0 Å². The molecule has 0 aliphatic carbocycles. The minimum absolute atomic E-state index is 0.950. The Labute approximate surface area is 139 Å². The van der Waals surface area contributed by atoms with Crippen LogP contribution in [0.2, 0.25) is 0 Å². The molecule has 24 heavy (non-hydrogen) atoms. The first kappa shape index (κ1) is 14.3. The molecule has 0 saturated heterocycles. The summed E-state index contributed by atoms with van der Waals surface area (Å²) in [5.41, 5.74) is 4.86. The van der Waals surface area contributed by atoms with Crippen molar-refractivity contribution in [1.29, 1.82) is 0 Å². The third-order valence-corrected chi connectivity index (χ3v) is 3.76. The van der Waals surface area contributed by atoms with Gasteiger partial charge < -0.3 is 0 Å². The van der Waals surface area contributed by atoms with E-state index < -0.39 is 0 Å². The summed E-state index contributed by atoms with van der Waals surface area (Å²) in [7, 11) is 0. The van der Waals surface area contributed by atoms with E-state index in [0.717, 1.165) is 27.6 Å². The number of rotatable bonds is 0. The molecule has 3 aromatic carbocycles. The van der Waals surface area contributed by atoms with Crippen molar-refractivity contribution in [2.45, 2.75) is 0 Å². The van der Waals surface area contributed by atoms with Crippen LogP contribution in [0.25, 0.3) is 33.0 Å². The molecule has 0 aliphatic rings. The summed E-state index contributed by atoms with van der Waals surface area (Å²) in [4.78, 5) is 13.2. The highest BCUT2D eigenvalue weighted by atomic mass is 14.8. The van der Waals surface area contributed by atoms with Gasteiger partial charge in [-0.15, -0.1) is 0 Å². The van der Waals surface area contributed by atoms with Crippen LogP contribution in [0.1, 0.15) is 0 Å². The molecule has 0 saturated carbocycles. The van der Waals surface area contributed by atoms with Crippen molar-refractivity contribution < 1.29 is 0 Å². The molecule has 2 heterocycles. The van der Waals surface area contributed by atoms with E-state index in [4.69, 9.17) is 0 Å². The minimum Gasteiger partial charge on any atom is -0.256 e. The Morgan fingerprint density at radius 1 is 0.417 bits per heavy atom. The highest BCUT2D eigenvalue weighted by molar-refractivity contribution is 5.85. The number of pyridine rings is 1. The van der Waals surface area contributed by atoms with Crippen LogP contribution < -0.4 is 0 Å². The number of hydrogen-bond acceptors (Lipinski definition) is 3. The fraction of sp³-hybridized carbons (Fsp3) is 0. The summed E-state index contributed by atoms with van der Waals surface area (Å²) in [5, 5.41) is 1.20. The zero-order valence-corrected chi connectivity index (χ0v) is 13.0. The topological polar surface area (TPSA) is 38.7 Å². The smallest absolute Gasteiger partial charge is 0.0894 e. The van der Waals surface area contributed by atoms with Crippen LogP contribution in [-0.4, -0.2) is 15.0 Å².